The first-order valence-electron chi connectivity index (χ1n) is 10.6. The summed E-state index contributed by atoms with van der Waals surface area (Å²) in [6, 6.07) is 19.1. The minimum Gasteiger partial charge on any atom is -0.380 e. The van der Waals surface area contributed by atoms with Crippen molar-refractivity contribution in [3.8, 4) is 0 Å². The van der Waals surface area contributed by atoms with Crippen LogP contribution in [0, 0.1) is 5.92 Å². The van der Waals surface area contributed by atoms with Crippen LogP contribution in [0.1, 0.15) is 36.8 Å². The molecular formula is C24H28N2O3. The monoisotopic (exact) mass is 392 g/mol. The highest BCUT2D eigenvalue weighted by atomic mass is 16.5. The second-order valence-electron chi connectivity index (χ2n) is 8.80. The van der Waals surface area contributed by atoms with Gasteiger partial charge in [0.2, 0.25) is 5.91 Å². The molecule has 2 atom stereocenters. The Bertz CT molecular complexity index is 849. The number of ether oxygens (including phenoxy) is 1. The van der Waals surface area contributed by atoms with E-state index in [1.54, 1.807) is 0 Å². The molecule has 2 unspecified atom stereocenters. The van der Waals surface area contributed by atoms with Crippen molar-refractivity contribution in [1.82, 2.24) is 4.90 Å². The largest absolute Gasteiger partial charge is 0.380 e. The van der Waals surface area contributed by atoms with Gasteiger partial charge in [-0.3, -0.25) is 9.69 Å². The van der Waals surface area contributed by atoms with Gasteiger partial charge >= 0.3 is 0 Å². The van der Waals surface area contributed by atoms with Crippen LogP contribution in [-0.2, 0) is 21.7 Å². The fraction of sp³-hybridized carbons (Fsp3) is 0.458. The molecule has 0 saturated carbocycles. The summed E-state index contributed by atoms with van der Waals surface area (Å²) in [5.41, 5.74) is 2.12. The second kappa shape index (κ2) is 7.56. The van der Waals surface area contributed by atoms with Crippen molar-refractivity contribution in [1.29, 1.82) is 0 Å². The van der Waals surface area contributed by atoms with E-state index < -0.39 is 5.60 Å². The molecule has 2 aromatic carbocycles. The lowest BCUT2D eigenvalue weighted by Crippen LogP contribution is -2.46. The lowest BCUT2D eigenvalue weighted by molar-refractivity contribution is -0.184. The highest BCUT2D eigenvalue weighted by molar-refractivity contribution is 5.92. The first-order chi connectivity index (χ1) is 14.1. The second-order valence-corrected chi connectivity index (χ2v) is 8.80. The van der Waals surface area contributed by atoms with Gasteiger partial charge in [0.25, 0.3) is 0 Å². The molecule has 5 rings (SSSR count). The lowest BCUT2D eigenvalue weighted by Gasteiger charge is -2.38. The standard InChI is InChI=1S/C24H28N2O3/c27-23(25-20-8-6-19(7-9-20)24(28)15-29-16-24)18-12-21-10-11-22(13-18)26(21)14-17-4-2-1-3-5-17/h1-9,18,21-22,28H,10-16H2,(H,25,27). The Balaban J connectivity index is 1.20. The number of hydrogen-bond acceptors (Lipinski definition) is 4. The smallest absolute Gasteiger partial charge is 0.227 e. The van der Waals surface area contributed by atoms with Crippen molar-refractivity contribution in [3.63, 3.8) is 0 Å². The predicted octanol–water partition coefficient (Wildman–Crippen LogP) is 3.29. The topological polar surface area (TPSA) is 61.8 Å². The van der Waals surface area contributed by atoms with Gasteiger partial charge in [0.05, 0.1) is 13.2 Å². The number of benzene rings is 2. The molecule has 2 aromatic rings. The SMILES string of the molecule is O=C(Nc1ccc(C2(O)COC2)cc1)C1CC2CCC(C1)N2Cc1ccccc1. The first kappa shape index (κ1) is 18.8. The summed E-state index contributed by atoms with van der Waals surface area (Å²) >= 11 is 0. The summed E-state index contributed by atoms with van der Waals surface area (Å²) in [5, 5.41) is 13.4. The summed E-state index contributed by atoms with van der Waals surface area (Å²) in [6.45, 7) is 1.66. The van der Waals surface area contributed by atoms with E-state index in [0.717, 1.165) is 30.6 Å². The third-order valence-electron chi connectivity index (χ3n) is 6.83. The fourth-order valence-corrected chi connectivity index (χ4v) is 5.11. The minimum absolute atomic E-state index is 0.0726. The molecule has 3 saturated heterocycles. The summed E-state index contributed by atoms with van der Waals surface area (Å²) in [6.07, 6.45) is 4.25. The molecule has 152 valence electrons. The lowest BCUT2D eigenvalue weighted by atomic mass is 9.89. The van der Waals surface area contributed by atoms with Crippen LogP contribution < -0.4 is 5.32 Å². The predicted molar refractivity (Wildman–Crippen MR) is 111 cm³/mol. The molecule has 2 bridgehead atoms. The molecule has 5 nitrogen and oxygen atoms in total. The van der Waals surface area contributed by atoms with E-state index >= 15 is 0 Å². The normalized spacial score (nSPS) is 28.0. The summed E-state index contributed by atoms with van der Waals surface area (Å²) < 4.78 is 5.11. The number of fused-ring (bicyclic) bond motifs is 2. The molecule has 3 heterocycles. The molecule has 0 radical (unpaired) electrons. The minimum atomic E-state index is -0.868. The van der Waals surface area contributed by atoms with Crippen LogP contribution in [0.2, 0.25) is 0 Å². The highest BCUT2D eigenvalue weighted by Crippen LogP contribution is 2.40. The average Bonchev–Trinajstić information content (AvgIpc) is 2.95. The number of aliphatic hydroxyl groups is 1. The maximum atomic E-state index is 12.9. The number of carbonyl (C=O) groups is 1. The number of nitrogens with one attached hydrogen (secondary N) is 1. The zero-order valence-electron chi connectivity index (χ0n) is 16.6. The Hall–Kier alpha value is -2.21. The summed E-state index contributed by atoms with van der Waals surface area (Å²) in [4.78, 5) is 15.5. The average molecular weight is 392 g/mol. The number of rotatable bonds is 5. The number of nitrogens with zero attached hydrogens (tertiary/aromatic N) is 1. The van der Waals surface area contributed by atoms with E-state index in [1.165, 1.54) is 18.4 Å². The van der Waals surface area contributed by atoms with Crippen molar-refractivity contribution >= 4 is 11.6 Å². The van der Waals surface area contributed by atoms with E-state index in [1.807, 2.05) is 24.3 Å². The van der Waals surface area contributed by atoms with Crippen LogP contribution >= 0.6 is 0 Å². The van der Waals surface area contributed by atoms with Gasteiger partial charge in [-0.1, -0.05) is 42.5 Å². The van der Waals surface area contributed by atoms with Crippen molar-refractivity contribution < 1.29 is 14.6 Å². The van der Waals surface area contributed by atoms with Gasteiger partial charge in [-0.25, -0.2) is 0 Å². The third kappa shape index (κ3) is 3.70. The van der Waals surface area contributed by atoms with Gasteiger partial charge in [0.1, 0.15) is 5.60 Å². The van der Waals surface area contributed by atoms with Crippen molar-refractivity contribution in [2.45, 2.75) is 49.9 Å². The molecule has 3 aliphatic rings. The summed E-state index contributed by atoms with van der Waals surface area (Å²) in [7, 11) is 0. The molecular weight excluding hydrogens is 364 g/mol. The Morgan fingerprint density at radius 2 is 1.69 bits per heavy atom. The van der Waals surface area contributed by atoms with Crippen LogP contribution in [0.5, 0.6) is 0 Å². The van der Waals surface area contributed by atoms with Crippen LogP contribution in [0.4, 0.5) is 5.69 Å². The van der Waals surface area contributed by atoms with Gasteiger partial charge < -0.3 is 15.2 Å². The Kier molecular flexibility index (Phi) is 4.90. The highest BCUT2D eigenvalue weighted by Gasteiger charge is 2.42. The molecule has 0 aromatic heterocycles. The number of hydrogen-bond donors (Lipinski definition) is 2. The Labute approximate surface area is 171 Å². The molecule has 0 aliphatic carbocycles. The zero-order chi connectivity index (χ0) is 19.8. The van der Waals surface area contributed by atoms with E-state index in [9.17, 15) is 9.90 Å². The maximum absolute atomic E-state index is 12.9. The van der Waals surface area contributed by atoms with Gasteiger partial charge in [-0.15, -0.1) is 0 Å². The van der Waals surface area contributed by atoms with Crippen LogP contribution in [-0.4, -0.2) is 41.2 Å². The van der Waals surface area contributed by atoms with E-state index in [0.29, 0.717) is 25.3 Å². The Morgan fingerprint density at radius 3 is 2.28 bits per heavy atom. The van der Waals surface area contributed by atoms with Crippen LogP contribution in [0.3, 0.4) is 0 Å². The van der Waals surface area contributed by atoms with Crippen LogP contribution in [0.15, 0.2) is 54.6 Å². The molecule has 29 heavy (non-hydrogen) atoms. The van der Waals surface area contributed by atoms with Crippen molar-refractivity contribution in [2.75, 3.05) is 18.5 Å². The van der Waals surface area contributed by atoms with Crippen molar-refractivity contribution in [2.24, 2.45) is 5.92 Å². The fourth-order valence-electron chi connectivity index (χ4n) is 5.11. The van der Waals surface area contributed by atoms with Crippen LogP contribution in [0.25, 0.3) is 0 Å². The molecule has 3 aliphatic heterocycles. The quantitative estimate of drug-likeness (QED) is 0.820. The third-order valence-corrected chi connectivity index (χ3v) is 6.83. The molecule has 0 spiro atoms. The number of anilines is 1. The maximum Gasteiger partial charge on any atom is 0.227 e. The van der Waals surface area contributed by atoms with Gasteiger partial charge in [-0.2, -0.15) is 0 Å². The summed E-state index contributed by atoms with van der Waals surface area (Å²) in [5.74, 6) is 0.197. The molecule has 3 fully saturated rings. The first-order valence-corrected chi connectivity index (χ1v) is 10.6. The van der Waals surface area contributed by atoms with E-state index in [2.05, 4.69) is 40.5 Å². The number of amides is 1. The zero-order valence-corrected chi connectivity index (χ0v) is 16.6. The van der Waals surface area contributed by atoms with Gasteiger partial charge in [0.15, 0.2) is 0 Å². The van der Waals surface area contributed by atoms with Crippen molar-refractivity contribution in [3.05, 3.63) is 65.7 Å². The van der Waals surface area contributed by atoms with Gasteiger partial charge in [0, 0.05) is 30.2 Å². The Morgan fingerprint density at radius 1 is 1.03 bits per heavy atom. The number of carbonyl (C=O) groups excluding carboxylic acids is 1. The number of piperidine rings is 1. The molecule has 2 N–H and O–H groups in total. The van der Waals surface area contributed by atoms with E-state index in [-0.39, 0.29) is 11.8 Å². The van der Waals surface area contributed by atoms with E-state index in [4.69, 9.17) is 4.74 Å². The van der Waals surface area contributed by atoms with Gasteiger partial charge in [-0.05, 0) is 48.9 Å². The molecule has 1 amide bonds. The molecule has 5 heteroatoms.